The fourth-order valence-corrected chi connectivity index (χ4v) is 3.02. The van der Waals surface area contributed by atoms with Crippen molar-refractivity contribution in [3.05, 3.63) is 12.1 Å². The molecule has 0 saturated carbocycles. The molecule has 1 fully saturated rings. The Morgan fingerprint density at radius 3 is 3.38 bits per heavy atom. The topological polar surface area (TPSA) is 68.0 Å². The number of hydrogen-bond donors (Lipinski definition) is 1. The second-order valence-corrected chi connectivity index (χ2v) is 5.01. The summed E-state index contributed by atoms with van der Waals surface area (Å²) in [6.45, 7) is 0.980. The van der Waals surface area contributed by atoms with Crippen LogP contribution in [0.2, 0.25) is 0 Å². The minimum absolute atomic E-state index is 0.668. The summed E-state index contributed by atoms with van der Waals surface area (Å²) >= 11 is 2.02. The summed E-state index contributed by atoms with van der Waals surface area (Å²) in [5.41, 5.74) is 0.668. The number of thioether (sulfide) groups is 1. The monoisotopic (exact) mass is 236 g/mol. The molecule has 0 aliphatic carbocycles. The molecule has 16 heavy (non-hydrogen) atoms. The Kier molecular flexibility index (Phi) is 2.61. The zero-order valence-corrected chi connectivity index (χ0v) is 9.52. The van der Waals surface area contributed by atoms with E-state index < -0.39 is 0 Å². The molecule has 1 atom stereocenters. The van der Waals surface area contributed by atoms with Crippen LogP contribution in [0.5, 0.6) is 0 Å². The molecule has 0 radical (unpaired) electrons. The van der Waals surface area contributed by atoms with Gasteiger partial charge >= 0.3 is 0 Å². The average Bonchev–Trinajstić information content (AvgIpc) is 2.97. The molecule has 1 saturated heterocycles. The Balaban J connectivity index is 1.68. The Bertz CT molecular complexity index is 478. The van der Waals surface area contributed by atoms with Crippen molar-refractivity contribution in [1.82, 2.24) is 25.3 Å². The van der Waals surface area contributed by atoms with Crippen LogP contribution in [0, 0.1) is 5.92 Å². The van der Waals surface area contributed by atoms with E-state index in [0.717, 1.165) is 18.3 Å². The summed E-state index contributed by atoms with van der Waals surface area (Å²) in [7, 11) is 0. The van der Waals surface area contributed by atoms with Gasteiger partial charge in [0.2, 0.25) is 0 Å². The SMILES string of the molecule is c1cc2nnnn2nc1NCC1CCSC1. The first-order valence-corrected chi connectivity index (χ1v) is 6.44. The standard InChI is InChI=1S/C9H12N6S/c1-2-9-11-13-14-15(9)12-8(1)10-5-7-3-4-16-6-7/h1-2,7H,3-6H2,(H,10,12). The van der Waals surface area contributed by atoms with E-state index in [1.54, 1.807) is 0 Å². The van der Waals surface area contributed by atoms with Gasteiger partial charge in [0, 0.05) is 6.54 Å². The van der Waals surface area contributed by atoms with Crippen molar-refractivity contribution in [3.8, 4) is 0 Å². The molecule has 0 aromatic carbocycles. The highest BCUT2D eigenvalue weighted by molar-refractivity contribution is 7.99. The first-order valence-electron chi connectivity index (χ1n) is 5.29. The second-order valence-electron chi connectivity index (χ2n) is 3.86. The van der Waals surface area contributed by atoms with Gasteiger partial charge in [-0.25, -0.2) is 0 Å². The van der Waals surface area contributed by atoms with Crippen molar-refractivity contribution in [2.45, 2.75) is 6.42 Å². The molecule has 2 aromatic rings. The van der Waals surface area contributed by atoms with E-state index in [-0.39, 0.29) is 0 Å². The third-order valence-corrected chi connectivity index (χ3v) is 3.90. The van der Waals surface area contributed by atoms with Gasteiger partial charge < -0.3 is 5.32 Å². The highest BCUT2D eigenvalue weighted by Crippen LogP contribution is 2.23. The zero-order chi connectivity index (χ0) is 10.8. The van der Waals surface area contributed by atoms with Crippen molar-refractivity contribution in [3.63, 3.8) is 0 Å². The van der Waals surface area contributed by atoms with Crippen molar-refractivity contribution < 1.29 is 0 Å². The summed E-state index contributed by atoms with van der Waals surface area (Å²) in [6, 6.07) is 3.77. The molecule has 7 heteroatoms. The molecule has 1 unspecified atom stereocenters. The molecular formula is C9H12N6S. The molecule has 1 aliphatic rings. The number of aromatic nitrogens is 5. The highest BCUT2D eigenvalue weighted by Gasteiger charge is 2.15. The van der Waals surface area contributed by atoms with Gasteiger partial charge in [0.15, 0.2) is 5.65 Å². The van der Waals surface area contributed by atoms with Gasteiger partial charge in [0.25, 0.3) is 0 Å². The van der Waals surface area contributed by atoms with Gasteiger partial charge in [0.05, 0.1) is 0 Å². The fraction of sp³-hybridized carbons (Fsp3) is 0.556. The van der Waals surface area contributed by atoms with Crippen LogP contribution in [0.4, 0.5) is 5.82 Å². The molecule has 3 heterocycles. The van der Waals surface area contributed by atoms with Crippen LogP contribution in [0.15, 0.2) is 12.1 Å². The molecular weight excluding hydrogens is 224 g/mol. The Morgan fingerprint density at radius 2 is 2.50 bits per heavy atom. The number of nitrogens with zero attached hydrogens (tertiary/aromatic N) is 5. The quantitative estimate of drug-likeness (QED) is 0.845. The lowest BCUT2D eigenvalue weighted by Crippen LogP contribution is -2.15. The predicted molar refractivity (Wildman–Crippen MR) is 62.5 cm³/mol. The molecule has 0 bridgehead atoms. The van der Waals surface area contributed by atoms with Gasteiger partial charge in [-0.3, -0.25) is 0 Å². The van der Waals surface area contributed by atoms with E-state index >= 15 is 0 Å². The van der Waals surface area contributed by atoms with E-state index in [9.17, 15) is 0 Å². The number of fused-ring (bicyclic) bond motifs is 1. The fourth-order valence-electron chi connectivity index (χ4n) is 1.74. The van der Waals surface area contributed by atoms with E-state index in [1.807, 2.05) is 23.9 Å². The lowest BCUT2D eigenvalue weighted by Gasteiger charge is -2.09. The Labute approximate surface area is 96.8 Å². The number of tetrazole rings is 1. The molecule has 6 nitrogen and oxygen atoms in total. The number of hydrogen-bond acceptors (Lipinski definition) is 6. The first kappa shape index (κ1) is 9.83. The van der Waals surface area contributed by atoms with Crippen LogP contribution in [0.3, 0.4) is 0 Å². The maximum atomic E-state index is 4.26. The minimum atomic E-state index is 0.668. The number of rotatable bonds is 3. The highest BCUT2D eigenvalue weighted by atomic mass is 32.2. The normalized spacial score (nSPS) is 20.4. The van der Waals surface area contributed by atoms with Crippen LogP contribution in [-0.2, 0) is 0 Å². The van der Waals surface area contributed by atoms with Crippen LogP contribution < -0.4 is 5.32 Å². The van der Waals surface area contributed by atoms with Gasteiger partial charge in [0.1, 0.15) is 5.82 Å². The van der Waals surface area contributed by atoms with Crippen molar-refractivity contribution in [1.29, 1.82) is 0 Å². The molecule has 2 aromatic heterocycles. The van der Waals surface area contributed by atoms with Gasteiger partial charge in [-0.2, -0.15) is 11.8 Å². The molecule has 1 aliphatic heterocycles. The molecule has 84 valence electrons. The van der Waals surface area contributed by atoms with Crippen LogP contribution in [0.1, 0.15) is 6.42 Å². The number of nitrogens with one attached hydrogen (secondary N) is 1. The number of anilines is 1. The van der Waals surface area contributed by atoms with Crippen molar-refractivity contribution in [2.75, 3.05) is 23.4 Å². The van der Waals surface area contributed by atoms with E-state index in [2.05, 4.69) is 25.9 Å². The third-order valence-electron chi connectivity index (χ3n) is 2.67. The summed E-state index contributed by atoms with van der Waals surface area (Å²) in [6.07, 6.45) is 1.30. The van der Waals surface area contributed by atoms with Gasteiger partial charge in [-0.1, -0.05) is 0 Å². The van der Waals surface area contributed by atoms with Crippen LogP contribution in [-0.4, -0.2) is 43.3 Å². The average molecular weight is 236 g/mol. The maximum absolute atomic E-state index is 4.26. The van der Waals surface area contributed by atoms with E-state index in [1.165, 1.54) is 22.6 Å². The smallest absolute Gasteiger partial charge is 0.200 e. The predicted octanol–water partition coefficient (Wildman–Crippen LogP) is 0.684. The van der Waals surface area contributed by atoms with E-state index in [0.29, 0.717) is 5.65 Å². The van der Waals surface area contributed by atoms with Gasteiger partial charge in [-0.05, 0) is 46.4 Å². The lowest BCUT2D eigenvalue weighted by molar-refractivity contribution is 0.627. The molecule has 0 amide bonds. The summed E-state index contributed by atoms with van der Waals surface area (Å²) in [5, 5.41) is 18.7. The summed E-state index contributed by atoms with van der Waals surface area (Å²) in [4.78, 5) is 0. The Hall–Kier alpha value is -1.37. The van der Waals surface area contributed by atoms with E-state index in [4.69, 9.17) is 0 Å². The summed E-state index contributed by atoms with van der Waals surface area (Å²) in [5.74, 6) is 4.12. The summed E-state index contributed by atoms with van der Waals surface area (Å²) < 4.78 is 1.44. The second kappa shape index (κ2) is 4.25. The van der Waals surface area contributed by atoms with Crippen LogP contribution >= 0.6 is 11.8 Å². The van der Waals surface area contributed by atoms with Crippen LogP contribution in [0.25, 0.3) is 5.65 Å². The molecule has 0 spiro atoms. The first-order chi connectivity index (χ1) is 7.92. The zero-order valence-electron chi connectivity index (χ0n) is 8.70. The van der Waals surface area contributed by atoms with Crippen molar-refractivity contribution in [2.24, 2.45) is 5.92 Å². The maximum Gasteiger partial charge on any atom is 0.200 e. The largest absolute Gasteiger partial charge is 0.368 e. The molecule has 1 N–H and O–H groups in total. The third kappa shape index (κ3) is 1.95. The molecule has 3 rings (SSSR count). The lowest BCUT2D eigenvalue weighted by atomic mass is 10.1. The van der Waals surface area contributed by atoms with Gasteiger partial charge in [-0.15, -0.1) is 14.8 Å². The van der Waals surface area contributed by atoms with Crippen molar-refractivity contribution >= 4 is 23.2 Å². The Morgan fingerprint density at radius 1 is 1.50 bits per heavy atom. The minimum Gasteiger partial charge on any atom is -0.368 e.